The molecule has 3 heterocycles. The molecule has 2 aliphatic heterocycles. The maximum absolute atomic E-state index is 13.1. The summed E-state index contributed by atoms with van der Waals surface area (Å²) in [5.74, 6) is 1.33. The Morgan fingerprint density at radius 1 is 1.19 bits per heavy atom. The molecule has 2 N–H and O–H groups in total. The summed E-state index contributed by atoms with van der Waals surface area (Å²) in [4.78, 5) is 37.9. The number of anilines is 2. The van der Waals surface area contributed by atoms with E-state index in [-0.39, 0.29) is 30.1 Å². The van der Waals surface area contributed by atoms with E-state index in [0.717, 1.165) is 48.7 Å². The van der Waals surface area contributed by atoms with E-state index in [1.807, 2.05) is 11.9 Å². The molecule has 0 aliphatic carbocycles. The molecule has 2 amide bonds. The third-order valence-corrected chi connectivity index (χ3v) is 6.13. The average Bonchev–Trinajstić information content (AvgIpc) is 2.79. The normalized spacial score (nSPS) is 18.7. The molecular weight excluding hydrogens is 411 g/mol. The minimum atomic E-state index is -0.332. The van der Waals surface area contributed by atoms with Crippen LogP contribution >= 0.6 is 0 Å². The molecule has 1 aromatic heterocycles. The fraction of sp³-hybridized carbons (Fsp3) is 0.478. The number of halogens is 1. The number of aromatic nitrogens is 2. The Balaban J connectivity index is 1.43. The summed E-state index contributed by atoms with van der Waals surface area (Å²) in [5, 5.41) is 6.00. The summed E-state index contributed by atoms with van der Waals surface area (Å²) in [6.07, 6.45) is 2.65. The van der Waals surface area contributed by atoms with E-state index >= 15 is 0 Å². The van der Waals surface area contributed by atoms with Gasteiger partial charge >= 0.3 is 0 Å². The first-order valence-electron chi connectivity index (χ1n) is 11.0. The van der Waals surface area contributed by atoms with E-state index in [1.54, 1.807) is 19.1 Å². The number of amides is 2. The highest BCUT2D eigenvalue weighted by Gasteiger charge is 2.29. The lowest BCUT2D eigenvalue weighted by Gasteiger charge is -2.33. The molecule has 0 bridgehead atoms. The lowest BCUT2D eigenvalue weighted by molar-refractivity contribution is -0.129. The largest absolute Gasteiger partial charge is 0.373 e. The van der Waals surface area contributed by atoms with Crippen LogP contribution in [0, 0.1) is 5.82 Å². The Bertz CT molecular complexity index is 979. The summed E-state index contributed by atoms with van der Waals surface area (Å²) in [6.45, 7) is 4.60. The second kappa shape index (κ2) is 9.60. The maximum atomic E-state index is 13.1. The van der Waals surface area contributed by atoms with Gasteiger partial charge in [0.05, 0.1) is 18.8 Å². The molecule has 32 heavy (non-hydrogen) atoms. The molecule has 0 saturated carbocycles. The topological polar surface area (TPSA) is 90.5 Å². The van der Waals surface area contributed by atoms with Gasteiger partial charge < -0.3 is 15.5 Å². The van der Waals surface area contributed by atoms with Gasteiger partial charge in [0.25, 0.3) is 0 Å². The van der Waals surface area contributed by atoms with Crippen molar-refractivity contribution in [3.8, 4) is 0 Å². The quantitative estimate of drug-likeness (QED) is 0.742. The number of likely N-dealkylation sites (tertiary alicyclic amines) is 1. The predicted octanol–water partition coefficient (Wildman–Crippen LogP) is 2.38. The van der Waals surface area contributed by atoms with Crippen molar-refractivity contribution in [3.63, 3.8) is 0 Å². The van der Waals surface area contributed by atoms with E-state index in [1.165, 1.54) is 12.1 Å². The molecule has 2 aliphatic rings. The molecule has 1 atom stereocenters. The van der Waals surface area contributed by atoms with E-state index < -0.39 is 0 Å². The van der Waals surface area contributed by atoms with Gasteiger partial charge in [-0.1, -0.05) is 0 Å². The van der Waals surface area contributed by atoms with Gasteiger partial charge in [0.1, 0.15) is 17.5 Å². The van der Waals surface area contributed by atoms with Crippen LogP contribution < -0.4 is 10.6 Å². The van der Waals surface area contributed by atoms with Crippen LogP contribution in [-0.4, -0.2) is 64.8 Å². The van der Waals surface area contributed by atoms with Gasteiger partial charge in [-0.05, 0) is 43.7 Å². The Morgan fingerprint density at radius 3 is 2.69 bits per heavy atom. The van der Waals surface area contributed by atoms with Crippen LogP contribution in [0.25, 0.3) is 0 Å². The molecule has 0 radical (unpaired) electrons. The van der Waals surface area contributed by atoms with Crippen LogP contribution in [0.15, 0.2) is 24.3 Å². The zero-order valence-electron chi connectivity index (χ0n) is 18.5. The van der Waals surface area contributed by atoms with Crippen LogP contribution in [0.3, 0.4) is 0 Å². The second-order valence-corrected chi connectivity index (χ2v) is 8.43. The molecule has 1 aromatic carbocycles. The first kappa shape index (κ1) is 22.1. The fourth-order valence-corrected chi connectivity index (χ4v) is 4.44. The lowest BCUT2D eigenvalue weighted by Crippen LogP contribution is -2.40. The number of fused-ring (bicyclic) bond motifs is 1. The Labute approximate surface area is 187 Å². The first-order valence-corrected chi connectivity index (χ1v) is 11.0. The van der Waals surface area contributed by atoms with Crippen LogP contribution in [0.5, 0.6) is 0 Å². The van der Waals surface area contributed by atoms with Crippen LogP contribution in [-0.2, 0) is 22.6 Å². The first-order chi connectivity index (χ1) is 15.4. The van der Waals surface area contributed by atoms with Crippen LogP contribution in [0.1, 0.15) is 42.8 Å². The Kier molecular flexibility index (Phi) is 6.64. The maximum Gasteiger partial charge on any atom is 0.238 e. The summed E-state index contributed by atoms with van der Waals surface area (Å²) in [7, 11) is 1.84. The zero-order chi connectivity index (χ0) is 22.7. The monoisotopic (exact) mass is 440 g/mol. The van der Waals surface area contributed by atoms with Crippen molar-refractivity contribution in [2.24, 2.45) is 0 Å². The second-order valence-electron chi connectivity index (χ2n) is 8.43. The van der Waals surface area contributed by atoms with Crippen LogP contribution in [0.2, 0.25) is 0 Å². The average molecular weight is 441 g/mol. The molecule has 1 saturated heterocycles. The highest BCUT2D eigenvalue weighted by molar-refractivity contribution is 5.92. The molecule has 1 fully saturated rings. The number of hydrogen-bond acceptors (Lipinski definition) is 6. The predicted molar refractivity (Wildman–Crippen MR) is 120 cm³/mol. The summed E-state index contributed by atoms with van der Waals surface area (Å²) in [6, 6.07) is 5.77. The number of carbonyl (C=O) groups is 2. The van der Waals surface area contributed by atoms with Gasteiger partial charge in [0.15, 0.2) is 0 Å². The fourth-order valence-electron chi connectivity index (χ4n) is 4.44. The van der Waals surface area contributed by atoms with E-state index in [4.69, 9.17) is 9.97 Å². The number of carbonyl (C=O) groups excluding carboxylic acids is 2. The van der Waals surface area contributed by atoms with Gasteiger partial charge in [-0.3, -0.25) is 14.5 Å². The van der Waals surface area contributed by atoms with Crippen molar-refractivity contribution in [1.29, 1.82) is 0 Å². The third-order valence-electron chi connectivity index (χ3n) is 6.13. The number of rotatable bonds is 5. The van der Waals surface area contributed by atoms with E-state index in [9.17, 15) is 14.0 Å². The van der Waals surface area contributed by atoms with Crippen molar-refractivity contribution >= 4 is 23.3 Å². The molecule has 8 nitrogen and oxygen atoms in total. The molecule has 0 spiro atoms. The highest BCUT2D eigenvalue weighted by Crippen LogP contribution is 2.30. The summed E-state index contributed by atoms with van der Waals surface area (Å²) < 4.78 is 13.1. The number of piperidine rings is 1. The summed E-state index contributed by atoms with van der Waals surface area (Å²) in [5.41, 5.74) is 2.58. The lowest BCUT2D eigenvalue weighted by atomic mass is 9.96. The van der Waals surface area contributed by atoms with Crippen molar-refractivity contribution in [3.05, 3.63) is 47.2 Å². The van der Waals surface area contributed by atoms with Crippen molar-refractivity contribution in [2.45, 2.75) is 38.6 Å². The molecule has 0 unspecified atom stereocenters. The van der Waals surface area contributed by atoms with Gasteiger partial charge in [-0.15, -0.1) is 0 Å². The molecule has 170 valence electrons. The molecule has 4 rings (SSSR count). The number of nitrogens with one attached hydrogen (secondary N) is 2. The molecule has 2 aromatic rings. The number of nitrogens with zero attached hydrogens (tertiary/aromatic N) is 4. The Morgan fingerprint density at radius 2 is 1.97 bits per heavy atom. The van der Waals surface area contributed by atoms with Gasteiger partial charge in [-0.25, -0.2) is 14.4 Å². The number of hydrogen-bond donors (Lipinski definition) is 2. The van der Waals surface area contributed by atoms with Crippen molar-refractivity contribution < 1.29 is 14.0 Å². The number of benzene rings is 1. The van der Waals surface area contributed by atoms with Crippen molar-refractivity contribution in [1.82, 2.24) is 19.8 Å². The standard InChI is InChI=1S/C23H29FN6O2/c1-15(31)30-11-9-20-19(13-30)23(25-2)28-22(27-20)16-4-3-10-29(12-16)14-21(32)26-18-7-5-17(24)6-8-18/h5-8,16H,3-4,9-14H2,1-2H3,(H,26,32)(H,25,27,28)/t16-/m0/s1. The third kappa shape index (κ3) is 5.04. The Hall–Kier alpha value is -3.07. The minimum Gasteiger partial charge on any atom is -0.373 e. The molecule has 9 heteroatoms. The minimum absolute atomic E-state index is 0.0589. The van der Waals surface area contributed by atoms with E-state index in [2.05, 4.69) is 15.5 Å². The smallest absolute Gasteiger partial charge is 0.238 e. The van der Waals surface area contributed by atoms with Gasteiger partial charge in [-0.2, -0.15) is 0 Å². The molecular formula is C23H29FN6O2. The summed E-state index contributed by atoms with van der Waals surface area (Å²) >= 11 is 0. The van der Waals surface area contributed by atoms with E-state index in [0.29, 0.717) is 25.3 Å². The SMILES string of the molecule is CNc1nc([C@H]2CCCN(CC(=O)Nc3ccc(F)cc3)C2)nc2c1CN(C(C)=O)CC2. The van der Waals surface area contributed by atoms with Crippen LogP contribution in [0.4, 0.5) is 15.9 Å². The zero-order valence-corrected chi connectivity index (χ0v) is 18.5. The highest BCUT2D eigenvalue weighted by atomic mass is 19.1. The van der Waals surface area contributed by atoms with Crippen molar-refractivity contribution in [2.75, 3.05) is 43.9 Å². The van der Waals surface area contributed by atoms with Gasteiger partial charge in [0, 0.05) is 50.7 Å². The van der Waals surface area contributed by atoms with Gasteiger partial charge in [0.2, 0.25) is 11.8 Å².